The highest BCUT2D eigenvalue weighted by atomic mass is 19.1. The number of benzene rings is 1. The third-order valence-electron chi connectivity index (χ3n) is 3.29. The molecule has 0 radical (unpaired) electrons. The molecule has 2 nitrogen and oxygen atoms in total. The minimum Gasteiger partial charge on any atom is -0.496 e. The fraction of sp³-hybridized carbons (Fsp3) is 0.571. The molecule has 0 spiro atoms. The largest absolute Gasteiger partial charge is 0.496 e. The zero-order valence-corrected chi connectivity index (χ0v) is 11.1. The van der Waals surface area contributed by atoms with Crippen LogP contribution in [0.5, 0.6) is 5.75 Å². The highest BCUT2D eigenvalue weighted by Gasteiger charge is 2.18. The summed E-state index contributed by atoms with van der Waals surface area (Å²) in [6.45, 7) is 6.51. The van der Waals surface area contributed by atoms with Crippen molar-refractivity contribution in [2.45, 2.75) is 39.5 Å². The van der Waals surface area contributed by atoms with Crippen molar-refractivity contribution in [2.75, 3.05) is 13.7 Å². The fourth-order valence-corrected chi connectivity index (χ4v) is 2.28. The first-order chi connectivity index (χ1) is 8.06. The molecule has 0 bridgehead atoms. The van der Waals surface area contributed by atoms with Crippen molar-refractivity contribution in [3.8, 4) is 5.75 Å². The van der Waals surface area contributed by atoms with Crippen molar-refractivity contribution in [2.24, 2.45) is 5.73 Å². The zero-order valence-electron chi connectivity index (χ0n) is 11.1. The summed E-state index contributed by atoms with van der Waals surface area (Å²) in [5.74, 6) is 0.753. The van der Waals surface area contributed by atoms with Gasteiger partial charge in [0.25, 0.3) is 0 Å². The lowest BCUT2D eigenvalue weighted by molar-refractivity contribution is 0.400. The van der Waals surface area contributed by atoms with E-state index in [4.69, 9.17) is 10.5 Å². The number of methoxy groups -OCH3 is 1. The van der Waals surface area contributed by atoms with E-state index in [1.807, 2.05) is 0 Å². The molecule has 0 aliphatic rings. The monoisotopic (exact) mass is 239 g/mol. The third-order valence-corrected chi connectivity index (χ3v) is 3.29. The Bertz CT molecular complexity index is 390. The molecule has 0 fully saturated rings. The highest BCUT2D eigenvalue weighted by molar-refractivity contribution is 5.48. The van der Waals surface area contributed by atoms with Crippen LogP contribution in [0, 0.1) is 12.7 Å². The zero-order chi connectivity index (χ0) is 13.0. The minimum atomic E-state index is -0.196. The number of nitrogens with two attached hydrogens (primary N) is 1. The summed E-state index contributed by atoms with van der Waals surface area (Å²) >= 11 is 0. The van der Waals surface area contributed by atoms with Crippen LogP contribution in [0.15, 0.2) is 6.07 Å². The predicted octanol–water partition coefficient (Wildman–Crippen LogP) is 3.16. The molecular weight excluding hydrogens is 217 g/mol. The van der Waals surface area contributed by atoms with Gasteiger partial charge in [0.1, 0.15) is 11.6 Å². The summed E-state index contributed by atoms with van der Waals surface area (Å²) in [4.78, 5) is 0. The molecule has 0 aliphatic carbocycles. The van der Waals surface area contributed by atoms with Gasteiger partial charge >= 0.3 is 0 Å². The molecule has 1 unspecified atom stereocenters. The van der Waals surface area contributed by atoms with Crippen molar-refractivity contribution in [3.05, 3.63) is 28.6 Å². The molecule has 96 valence electrons. The summed E-state index contributed by atoms with van der Waals surface area (Å²) in [5.41, 5.74) is 8.29. The Hall–Kier alpha value is -1.09. The quantitative estimate of drug-likeness (QED) is 0.856. The topological polar surface area (TPSA) is 35.2 Å². The Morgan fingerprint density at radius 3 is 2.59 bits per heavy atom. The summed E-state index contributed by atoms with van der Waals surface area (Å²) in [7, 11) is 1.60. The molecule has 0 saturated carbocycles. The average Bonchev–Trinajstić information content (AvgIpc) is 2.32. The van der Waals surface area contributed by atoms with Crippen molar-refractivity contribution in [1.82, 2.24) is 0 Å². The maximum Gasteiger partial charge on any atom is 0.130 e. The lowest BCUT2D eigenvalue weighted by Gasteiger charge is -2.20. The van der Waals surface area contributed by atoms with Gasteiger partial charge in [-0.2, -0.15) is 0 Å². The molecule has 1 rings (SSSR count). The number of hydrogen-bond donors (Lipinski definition) is 1. The van der Waals surface area contributed by atoms with Crippen LogP contribution < -0.4 is 10.5 Å². The van der Waals surface area contributed by atoms with E-state index in [0.29, 0.717) is 17.9 Å². The lowest BCUT2D eigenvalue weighted by atomic mass is 9.89. The molecule has 1 aromatic carbocycles. The Morgan fingerprint density at radius 1 is 1.47 bits per heavy atom. The van der Waals surface area contributed by atoms with Crippen molar-refractivity contribution >= 4 is 0 Å². The molecule has 0 heterocycles. The average molecular weight is 239 g/mol. The summed E-state index contributed by atoms with van der Waals surface area (Å²) in [6.07, 6.45) is 1.70. The van der Waals surface area contributed by atoms with E-state index in [2.05, 4.69) is 13.8 Å². The molecule has 1 aromatic rings. The van der Waals surface area contributed by atoms with Crippen LogP contribution >= 0.6 is 0 Å². The predicted molar refractivity (Wildman–Crippen MR) is 69.2 cm³/mol. The van der Waals surface area contributed by atoms with Gasteiger partial charge in [0.05, 0.1) is 7.11 Å². The fourth-order valence-electron chi connectivity index (χ4n) is 2.28. The van der Waals surface area contributed by atoms with Gasteiger partial charge in [0.2, 0.25) is 0 Å². The van der Waals surface area contributed by atoms with E-state index in [1.165, 1.54) is 0 Å². The molecule has 0 aliphatic heterocycles. The van der Waals surface area contributed by atoms with Gasteiger partial charge in [-0.25, -0.2) is 4.39 Å². The first-order valence-electron chi connectivity index (χ1n) is 6.12. The lowest BCUT2D eigenvalue weighted by Crippen LogP contribution is -2.09. The number of halogens is 1. The van der Waals surface area contributed by atoms with Gasteiger partial charge in [-0.15, -0.1) is 0 Å². The standard InChI is InChI=1S/C14H22FNO/c1-5-11-12(9(2)6-7-16)8-13(15)10(3)14(11)17-4/h8-9H,5-7,16H2,1-4H3. The van der Waals surface area contributed by atoms with Crippen molar-refractivity contribution in [1.29, 1.82) is 0 Å². The van der Waals surface area contributed by atoms with E-state index in [0.717, 1.165) is 24.0 Å². The van der Waals surface area contributed by atoms with Crippen LogP contribution in [-0.2, 0) is 6.42 Å². The second-order valence-corrected chi connectivity index (χ2v) is 4.42. The van der Waals surface area contributed by atoms with Gasteiger partial charge in [-0.3, -0.25) is 0 Å². The van der Waals surface area contributed by atoms with Crippen molar-refractivity contribution < 1.29 is 9.13 Å². The van der Waals surface area contributed by atoms with Gasteiger partial charge in [-0.1, -0.05) is 13.8 Å². The van der Waals surface area contributed by atoms with Crippen molar-refractivity contribution in [3.63, 3.8) is 0 Å². The van der Waals surface area contributed by atoms with E-state index in [1.54, 1.807) is 20.1 Å². The van der Waals surface area contributed by atoms with Gasteiger partial charge < -0.3 is 10.5 Å². The molecule has 0 saturated heterocycles. The first-order valence-corrected chi connectivity index (χ1v) is 6.12. The highest BCUT2D eigenvalue weighted by Crippen LogP contribution is 2.34. The molecule has 3 heteroatoms. The smallest absolute Gasteiger partial charge is 0.130 e. The number of ether oxygens (including phenoxy) is 1. The molecule has 0 aromatic heterocycles. The van der Waals surface area contributed by atoms with Gasteiger partial charge in [-0.05, 0) is 49.4 Å². The maximum absolute atomic E-state index is 13.8. The molecule has 1 atom stereocenters. The SMILES string of the molecule is CCc1c(C(C)CCN)cc(F)c(C)c1OC. The Balaban J connectivity index is 3.33. The molecular formula is C14H22FNO. The Labute approximate surface area is 103 Å². The molecule has 2 N–H and O–H groups in total. The second-order valence-electron chi connectivity index (χ2n) is 4.42. The van der Waals surface area contributed by atoms with Crippen LogP contribution in [-0.4, -0.2) is 13.7 Å². The van der Waals surface area contributed by atoms with Crippen LogP contribution in [0.25, 0.3) is 0 Å². The normalized spacial score (nSPS) is 12.6. The summed E-state index contributed by atoms with van der Waals surface area (Å²) in [6, 6.07) is 1.64. The van der Waals surface area contributed by atoms with E-state index >= 15 is 0 Å². The van der Waals surface area contributed by atoms with Crippen LogP contribution in [0.3, 0.4) is 0 Å². The van der Waals surface area contributed by atoms with Crippen LogP contribution in [0.2, 0.25) is 0 Å². The van der Waals surface area contributed by atoms with E-state index in [9.17, 15) is 4.39 Å². The summed E-state index contributed by atoms with van der Waals surface area (Å²) in [5, 5.41) is 0. The third kappa shape index (κ3) is 2.78. The minimum absolute atomic E-state index is 0.196. The first kappa shape index (κ1) is 14.0. The number of hydrogen-bond acceptors (Lipinski definition) is 2. The van der Waals surface area contributed by atoms with Gasteiger partial charge in [0, 0.05) is 5.56 Å². The Kier molecular flexibility index (Phi) is 4.94. The molecule has 17 heavy (non-hydrogen) atoms. The maximum atomic E-state index is 13.8. The Morgan fingerprint density at radius 2 is 2.12 bits per heavy atom. The van der Waals surface area contributed by atoms with E-state index < -0.39 is 0 Å². The number of rotatable bonds is 5. The molecule has 0 amide bonds. The van der Waals surface area contributed by atoms with Gasteiger partial charge in [0.15, 0.2) is 0 Å². The second kappa shape index (κ2) is 6.01. The van der Waals surface area contributed by atoms with Crippen LogP contribution in [0.4, 0.5) is 4.39 Å². The van der Waals surface area contributed by atoms with Crippen LogP contribution in [0.1, 0.15) is 42.9 Å². The summed E-state index contributed by atoms with van der Waals surface area (Å²) < 4.78 is 19.2. The van der Waals surface area contributed by atoms with E-state index in [-0.39, 0.29) is 11.7 Å².